The van der Waals surface area contributed by atoms with Crippen LogP contribution < -0.4 is 70.4 Å². The smallest absolute Gasteiger partial charge is 0.303 e. The Morgan fingerprint density at radius 3 is 1.71 bits per heavy atom. The monoisotopic (exact) mass is 1910 g/mol. The van der Waals surface area contributed by atoms with Gasteiger partial charge in [0.15, 0.2) is 0 Å². The topological polar surface area (TPSA) is 652 Å². The minimum Gasteiger partial charge on any atom is -0.508 e. The quantitative estimate of drug-likeness (QED) is 0.0231. The third kappa shape index (κ3) is 31.3. The van der Waals surface area contributed by atoms with Crippen LogP contribution in [0.5, 0.6) is 5.75 Å². The number of carbonyl (C=O) groups is 18. The largest absolute Gasteiger partial charge is 0.508 e. The first-order valence-electron chi connectivity index (χ1n) is 45.2. The van der Waals surface area contributed by atoms with Crippen molar-refractivity contribution >= 4 is 140 Å². The molecular weight excluding hydrogens is 1790 g/mol. The van der Waals surface area contributed by atoms with E-state index in [2.05, 4.69) is 73.1 Å². The number of likely N-dealkylation sites (N-methyl/N-ethyl adjacent to an activating group) is 3. The molecule has 3 aromatic carbocycles. The number of nitrogens with two attached hydrogens (primary N) is 3. The predicted molar refractivity (Wildman–Crippen MR) is 498 cm³/mol. The number of phenols is 1. The van der Waals surface area contributed by atoms with E-state index < -0.39 is 261 Å². The molecule has 2 aliphatic rings. The van der Waals surface area contributed by atoms with Crippen LogP contribution in [0.15, 0.2) is 97.7 Å². The number of hydrogen-bond acceptors (Lipinski definition) is 24. The summed E-state index contributed by atoms with van der Waals surface area (Å²) in [5.41, 5.74) is 20.3. The van der Waals surface area contributed by atoms with Gasteiger partial charge in [0.05, 0.1) is 44.3 Å². The molecule has 0 aliphatic carbocycles. The molecule has 45 heteroatoms. The number of aromatic amines is 3. The third-order valence-corrected chi connectivity index (χ3v) is 24.7. The Kier molecular flexibility index (Phi) is 41.5. The van der Waals surface area contributed by atoms with Crippen LogP contribution in [0.2, 0.25) is 0 Å². The highest BCUT2D eigenvalue weighted by molar-refractivity contribution is 8.00. The van der Waals surface area contributed by atoms with Crippen molar-refractivity contribution < 1.29 is 106 Å². The van der Waals surface area contributed by atoms with Crippen LogP contribution in [0.3, 0.4) is 0 Å². The number of H-pyrrole nitrogens is 3. The number of imidazole rings is 1. The van der Waals surface area contributed by atoms with Crippen molar-refractivity contribution in [3.05, 3.63) is 120 Å². The number of thioether (sulfide) groups is 1. The van der Waals surface area contributed by atoms with Gasteiger partial charge < -0.3 is 130 Å². The number of aliphatic hydroxyl groups excluding tert-OH is 1. The Labute approximate surface area is 790 Å². The molecule has 5 heterocycles. The molecule has 17 amide bonds. The van der Waals surface area contributed by atoms with E-state index in [0.717, 1.165) is 26.5 Å². The number of carboxylic acids is 1. The van der Waals surface area contributed by atoms with Crippen LogP contribution in [0.25, 0.3) is 21.8 Å². The van der Waals surface area contributed by atoms with Gasteiger partial charge in [0, 0.05) is 132 Å². The van der Waals surface area contributed by atoms with Gasteiger partial charge in [-0.1, -0.05) is 102 Å². The number of aliphatic carboxylic acids is 1. The summed E-state index contributed by atoms with van der Waals surface area (Å²) in [4.78, 5) is 281. The van der Waals surface area contributed by atoms with Crippen LogP contribution in [0.1, 0.15) is 134 Å². The standard InChI is InChI=1S/C91H128N22O22S/c1-10-12-22-71-85(128)104-64(34-50(3)4)82(125)108-70(80(123)98-44-75(94)117)47-136-48-77(119)101-67(35-52-24-26-56(114)27-25-52)87(130)109(6)51(5)79(122)106-69(40-74(93)116)89(132)112(32-33-135-9)46-76(118)100-66(38-55-43-95-49-99-55)84(127)103-63(28-29-78(120)121)90(133)113-45-57(115)39-73(113)86(129)105-65(36-53-41-96-60-20-16-14-18-58(53)60)83(126)102-62(30-31-92)81(124)107-68(37-54-42-97-61-21-17-15-19-59(54)61)88(131)111(8)72(23-13-11-2)91(134)110(71)7/h14-21,24-27,41-43,49-51,57,62-73,96-97,114-115H,10-13,22-23,28-40,44-48,92H2,1-9H3,(H2,93,116)(H2,94,117)(H,95,99)(H,98,123)(H,100,118)(H,101,119)(H,102,126)(H,103,127)(H,104,128)(H,105,129)(H,106,122)(H,107,124)(H,108,125)(H,120,121)/t51-,57+,62-,63-,64-,65-,66-,67-,68-,69-,70-,71-,72-,73-/m0/s1. The van der Waals surface area contributed by atoms with Crippen LogP contribution >= 0.6 is 11.8 Å². The molecule has 740 valence electrons. The van der Waals surface area contributed by atoms with Crippen molar-refractivity contribution in [2.24, 2.45) is 23.1 Å². The van der Waals surface area contributed by atoms with Gasteiger partial charge in [-0.3, -0.25) is 86.3 Å². The first-order valence-corrected chi connectivity index (χ1v) is 46.4. The second kappa shape index (κ2) is 52.3. The average Bonchev–Trinajstić information content (AvgIpc) is 1.65. The zero-order valence-corrected chi connectivity index (χ0v) is 78.6. The molecule has 44 nitrogen and oxygen atoms in total. The van der Waals surface area contributed by atoms with Crippen molar-refractivity contribution in [3.8, 4) is 5.75 Å². The fraction of sp³-hybridized carbons (Fsp3) is 0.527. The number of hydrogen-bond donors (Lipinski definition) is 19. The van der Waals surface area contributed by atoms with Crippen molar-refractivity contribution in [3.63, 3.8) is 0 Å². The van der Waals surface area contributed by atoms with Gasteiger partial charge in [0.25, 0.3) is 0 Å². The number of aromatic nitrogens is 4. The summed E-state index contributed by atoms with van der Waals surface area (Å²) in [6.07, 6.45) is 1.60. The Morgan fingerprint density at radius 1 is 0.574 bits per heavy atom. The number of carbonyl (C=O) groups excluding carboxylic acids is 17. The summed E-state index contributed by atoms with van der Waals surface area (Å²) in [6.45, 7) is 5.22. The molecule has 3 aromatic heterocycles. The summed E-state index contributed by atoms with van der Waals surface area (Å²) in [7, 11) is 5.19. The number of unbranched alkanes of at least 4 members (excludes halogenated alkanes) is 2. The van der Waals surface area contributed by atoms with Crippen LogP contribution in [0.4, 0.5) is 0 Å². The maximum absolute atomic E-state index is 15.8. The van der Waals surface area contributed by atoms with Gasteiger partial charge in [-0.15, -0.1) is 11.8 Å². The molecular formula is C91H128N22O22S. The Bertz CT molecular complexity index is 5190. The van der Waals surface area contributed by atoms with E-state index >= 15 is 33.6 Å². The second-order valence-corrected chi connectivity index (χ2v) is 35.5. The fourth-order valence-electron chi connectivity index (χ4n) is 16.1. The first kappa shape index (κ1) is 108. The normalized spacial score (nSPS) is 23.8. The van der Waals surface area contributed by atoms with Crippen LogP contribution in [-0.2, 0) is 117 Å². The molecule has 0 spiro atoms. The van der Waals surface area contributed by atoms with E-state index in [-0.39, 0.29) is 75.5 Å². The van der Waals surface area contributed by atoms with Crippen LogP contribution in [0, 0.1) is 5.92 Å². The number of aromatic hydroxyl groups is 1. The number of methoxy groups -OCH3 is 1. The molecule has 0 saturated carbocycles. The number of nitrogens with zero attached hydrogens (tertiary/aromatic N) is 6. The zero-order valence-electron chi connectivity index (χ0n) is 77.8. The van der Waals surface area contributed by atoms with E-state index in [1.807, 2.05) is 13.8 Å². The number of fused-ring (bicyclic) bond motifs is 3. The van der Waals surface area contributed by atoms with E-state index in [4.69, 9.17) is 21.9 Å². The minimum absolute atomic E-state index is 0.0184. The van der Waals surface area contributed by atoms with Crippen LogP contribution in [-0.4, -0.2) is 330 Å². The third-order valence-electron chi connectivity index (χ3n) is 23.6. The number of phenolic OH excluding ortho intramolecular Hbond substituents is 1. The Balaban J connectivity index is 1.21. The number of aliphatic hydroxyl groups is 1. The SMILES string of the molecule is CCCC[C@H]1C(=O)N(C)[C@@H](CCCC)C(=O)N[C@@H](CC(C)C)C(=O)N[C@H](C(=O)NCC(N)=O)CSCC(=O)N[C@@H](Cc2ccc(O)cc2)C(=O)N(C)[C@@H](C)C(=O)N[C@@H](CC(N)=O)C(=O)N(CCOC)CC(=O)N[C@@H](Cc2cnc[nH]2)C(=O)N[C@@H](CCC(=O)O)C(=O)N2C[C@H](O)C[C@H]2C(=O)N[C@@H](Cc2c[nH]c3ccccc23)C(=O)N[C@@H](CCN)C(=O)N[C@@H](Cc2c[nH]c3ccccc23)C(=O)N1C. The molecule has 14 atom stereocenters. The van der Waals surface area contributed by atoms with E-state index in [1.54, 1.807) is 74.8 Å². The zero-order chi connectivity index (χ0) is 99.7. The van der Waals surface area contributed by atoms with Gasteiger partial charge in [0.2, 0.25) is 100 Å². The second-order valence-electron chi connectivity index (χ2n) is 34.4. The molecule has 2 aliphatic heterocycles. The lowest BCUT2D eigenvalue weighted by Crippen LogP contribution is -2.61. The molecule has 6 aromatic rings. The number of nitrogens with one attached hydrogen (secondary N) is 13. The highest BCUT2D eigenvalue weighted by Gasteiger charge is 2.46. The summed E-state index contributed by atoms with van der Waals surface area (Å²) >= 11 is 0.778. The summed E-state index contributed by atoms with van der Waals surface area (Å²) < 4.78 is 5.28. The van der Waals surface area contributed by atoms with Crippen molar-refractivity contribution in [1.82, 2.24) is 97.6 Å². The summed E-state index contributed by atoms with van der Waals surface area (Å²) in [5, 5.41) is 59.3. The van der Waals surface area contributed by atoms with Crippen molar-refractivity contribution in [1.29, 1.82) is 0 Å². The van der Waals surface area contributed by atoms with Gasteiger partial charge in [0.1, 0.15) is 84.3 Å². The molecule has 0 bridgehead atoms. The van der Waals surface area contributed by atoms with E-state index in [0.29, 0.717) is 64.2 Å². The average molecular weight is 1910 g/mol. The van der Waals surface area contributed by atoms with Crippen molar-refractivity contribution in [2.45, 2.75) is 222 Å². The number of rotatable bonds is 29. The lowest BCUT2D eigenvalue weighted by atomic mass is 9.99. The highest BCUT2D eigenvalue weighted by Crippen LogP contribution is 2.27. The molecule has 2 fully saturated rings. The number of amides is 17. The molecule has 8 rings (SSSR count). The fourth-order valence-corrected chi connectivity index (χ4v) is 17.0. The lowest BCUT2D eigenvalue weighted by molar-refractivity contribution is -0.149. The maximum atomic E-state index is 15.8. The minimum atomic E-state index is -1.89. The van der Waals surface area contributed by atoms with Gasteiger partial charge in [-0.25, -0.2) is 4.98 Å². The molecule has 0 radical (unpaired) electrons. The number of ether oxygens (including phenoxy) is 1. The number of para-hydroxylation sites is 2. The first-order chi connectivity index (χ1) is 64.7. The van der Waals surface area contributed by atoms with Gasteiger partial charge >= 0.3 is 5.97 Å². The molecule has 22 N–H and O–H groups in total. The van der Waals surface area contributed by atoms with Gasteiger partial charge in [-0.05, 0) is 92.4 Å². The number of primary amides is 2. The highest BCUT2D eigenvalue weighted by atomic mass is 32.2. The summed E-state index contributed by atoms with van der Waals surface area (Å²) in [6, 6.07) is -1.13. The van der Waals surface area contributed by atoms with E-state index in [9.17, 15) is 68.1 Å². The maximum Gasteiger partial charge on any atom is 0.303 e. The van der Waals surface area contributed by atoms with Crippen molar-refractivity contribution in [2.75, 3.05) is 79.1 Å². The lowest BCUT2D eigenvalue weighted by Gasteiger charge is -2.36. The Morgan fingerprint density at radius 2 is 1.12 bits per heavy atom. The van der Waals surface area contributed by atoms with Gasteiger partial charge in [-0.2, -0.15) is 0 Å². The molecule has 0 unspecified atom stereocenters. The number of carboxylic acid groups (broad SMARTS) is 1. The molecule has 2 saturated heterocycles. The predicted octanol–water partition coefficient (Wildman–Crippen LogP) is -2.49. The Hall–Kier alpha value is -13.6. The molecule has 136 heavy (non-hydrogen) atoms. The number of benzene rings is 3. The van der Waals surface area contributed by atoms with E-state index in [1.165, 1.54) is 81.8 Å². The summed E-state index contributed by atoms with van der Waals surface area (Å²) in [5.74, 6) is -19.5.